The van der Waals surface area contributed by atoms with Gasteiger partial charge in [0.15, 0.2) is 0 Å². The molecule has 1 saturated heterocycles. The summed E-state index contributed by atoms with van der Waals surface area (Å²) in [6.45, 7) is 4.21. The molecule has 2 N–H and O–H groups in total. The van der Waals surface area contributed by atoms with E-state index in [1.165, 1.54) is 12.3 Å². The molecule has 1 aliphatic rings. The number of hydrogen-bond acceptors (Lipinski definition) is 4. The molecule has 0 aromatic carbocycles. The van der Waals surface area contributed by atoms with Gasteiger partial charge < -0.3 is 19.6 Å². The highest BCUT2D eigenvalue weighted by atomic mass is 16.5. The van der Waals surface area contributed by atoms with Crippen molar-refractivity contribution in [2.24, 2.45) is 5.92 Å². The number of carboxylic acids is 1. The molecule has 0 radical (unpaired) electrons. The van der Waals surface area contributed by atoms with Crippen LogP contribution in [0.25, 0.3) is 0 Å². The van der Waals surface area contributed by atoms with Gasteiger partial charge in [-0.1, -0.05) is 0 Å². The lowest BCUT2D eigenvalue weighted by Gasteiger charge is -2.28. The first-order valence-electron chi connectivity index (χ1n) is 6.29. The molecular weight excluding hydrogens is 234 g/mol. The van der Waals surface area contributed by atoms with Crippen molar-refractivity contribution >= 4 is 5.97 Å². The van der Waals surface area contributed by atoms with Crippen molar-refractivity contribution in [1.82, 2.24) is 5.32 Å². The van der Waals surface area contributed by atoms with Gasteiger partial charge in [0.1, 0.15) is 11.3 Å². The maximum Gasteiger partial charge on any atom is 0.339 e. The number of furan rings is 1. The van der Waals surface area contributed by atoms with E-state index in [0.29, 0.717) is 24.3 Å². The summed E-state index contributed by atoms with van der Waals surface area (Å²) in [4.78, 5) is 10.9. The first-order chi connectivity index (χ1) is 8.68. The third kappa shape index (κ3) is 3.11. The van der Waals surface area contributed by atoms with Crippen molar-refractivity contribution in [3.63, 3.8) is 0 Å². The van der Waals surface area contributed by atoms with Crippen molar-refractivity contribution in [3.8, 4) is 0 Å². The fourth-order valence-electron chi connectivity index (χ4n) is 2.30. The van der Waals surface area contributed by atoms with Gasteiger partial charge in [0.2, 0.25) is 0 Å². The normalized spacial score (nSPS) is 18.7. The van der Waals surface area contributed by atoms with E-state index in [-0.39, 0.29) is 5.56 Å². The molecule has 1 atom stereocenters. The molecular formula is C13H19NO4. The van der Waals surface area contributed by atoms with Crippen LogP contribution in [0.4, 0.5) is 0 Å². The number of ether oxygens (including phenoxy) is 1. The molecule has 2 rings (SSSR count). The van der Waals surface area contributed by atoms with Gasteiger partial charge in [0.25, 0.3) is 0 Å². The van der Waals surface area contributed by atoms with Crippen LogP contribution in [0.5, 0.6) is 0 Å². The maximum atomic E-state index is 10.9. The Morgan fingerprint density at radius 1 is 1.56 bits per heavy atom. The van der Waals surface area contributed by atoms with Crippen molar-refractivity contribution in [1.29, 1.82) is 0 Å². The smallest absolute Gasteiger partial charge is 0.339 e. The van der Waals surface area contributed by atoms with Gasteiger partial charge in [-0.3, -0.25) is 0 Å². The van der Waals surface area contributed by atoms with E-state index in [9.17, 15) is 4.79 Å². The highest BCUT2D eigenvalue weighted by Crippen LogP contribution is 2.19. The second kappa shape index (κ2) is 6.02. The van der Waals surface area contributed by atoms with E-state index in [1.54, 1.807) is 0 Å². The third-order valence-electron chi connectivity index (χ3n) is 3.53. The molecule has 2 heterocycles. The number of carbonyl (C=O) groups is 1. The third-order valence-corrected chi connectivity index (χ3v) is 3.53. The SMILES string of the molecule is CC(NCc1occc1C(=O)O)C1CCOCC1. The fraction of sp³-hybridized carbons (Fsp3) is 0.615. The fourth-order valence-corrected chi connectivity index (χ4v) is 2.30. The zero-order valence-corrected chi connectivity index (χ0v) is 10.5. The Kier molecular flexibility index (Phi) is 4.38. The molecule has 0 saturated carbocycles. The van der Waals surface area contributed by atoms with Gasteiger partial charge in [-0.15, -0.1) is 0 Å². The number of rotatable bonds is 5. The van der Waals surface area contributed by atoms with E-state index >= 15 is 0 Å². The number of carboxylic acid groups (broad SMARTS) is 1. The van der Waals surface area contributed by atoms with E-state index in [0.717, 1.165) is 26.1 Å². The van der Waals surface area contributed by atoms with Crippen LogP contribution in [0.3, 0.4) is 0 Å². The van der Waals surface area contributed by atoms with Crippen molar-refractivity contribution in [2.75, 3.05) is 13.2 Å². The summed E-state index contributed by atoms with van der Waals surface area (Å²) in [7, 11) is 0. The minimum atomic E-state index is -0.945. The lowest BCUT2D eigenvalue weighted by molar-refractivity contribution is 0.0555. The standard InChI is InChI=1S/C13H19NO4/c1-9(10-2-5-17-6-3-10)14-8-12-11(13(15)16)4-7-18-12/h4,7,9-10,14H,2-3,5-6,8H2,1H3,(H,15,16). The van der Waals surface area contributed by atoms with Gasteiger partial charge in [0, 0.05) is 19.3 Å². The van der Waals surface area contributed by atoms with E-state index < -0.39 is 5.97 Å². The first kappa shape index (κ1) is 13.1. The zero-order chi connectivity index (χ0) is 13.0. The number of nitrogens with one attached hydrogen (secondary N) is 1. The Labute approximate surface area is 106 Å². The molecule has 5 heteroatoms. The highest BCUT2D eigenvalue weighted by Gasteiger charge is 2.21. The van der Waals surface area contributed by atoms with Crippen LogP contribution < -0.4 is 5.32 Å². The van der Waals surface area contributed by atoms with Crippen LogP contribution in [0.1, 0.15) is 35.9 Å². The maximum absolute atomic E-state index is 10.9. The van der Waals surface area contributed by atoms with Crippen molar-refractivity contribution in [2.45, 2.75) is 32.4 Å². The summed E-state index contributed by atoms with van der Waals surface area (Å²) in [5, 5.41) is 12.3. The molecule has 0 aliphatic carbocycles. The highest BCUT2D eigenvalue weighted by molar-refractivity contribution is 5.88. The number of aromatic carboxylic acids is 1. The van der Waals surface area contributed by atoms with Crippen molar-refractivity contribution in [3.05, 3.63) is 23.7 Å². The Morgan fingerprint density at radius 2 is 2.28 bits per heavy atom. The van der Waals surface area contributed by atoms with Crippen LogP contribution in [-0.2, 0) is 11.3 Å². The Morgan fingerprint density at radius 3 is 2.94 bits per heavy atom. The molecule has 100 valence electrons. The summed E-state index contributed by atoms with van der Waals surface area (Å²) in [5.74, 6) is 0.127. The molecule has 5 nitrogen and oxygen atoms in total. The average molecular weight is 253 g/mol. The van der Waals surface area contributed by atoms with Gasteiger partial charge >= 0.3 is 5.97 Å². The van der Waals surface area contributed by atoms with E-state index in [1.807, 2.05) is 0 Å². The molecule has 1 aromatic heterocycles. The monoisotopic (exact) mass is 253 g/mol. The van der Waals surface area contributed by atoms with Crippen LogP contribution in [-0.4, -0.2) is 30.3 Å². The van der Waals surface area contributed by atoms with E-state index in [2.05, 4.69) is 12.2 Å². The predicted molar refractivity (Wildman–Crippen MR) is 65.5 cm³/mol. The van der Waals surface area contributed by atoms with Gasteiger partial charge in [0.05, 0.1) is 12.8 Å². The Balaban J connectivity index is 1.86. The van der Waals surface area contributed by atoms with Crippen LogP contribution in [0.15, 0.2) is 16.7 Å². The lowest BCUT2D eigenvalue weighted by Crippen LogP contribution is -2.36. The van der Waals surface area contributed by atoms with Gasteiger partial charge in [-0.2, -0.15) is 0 Å². The molecule has 1 fully saturated rings. The van der Waals surface area contributed by atoms with Gasteiger partial charge in [-0.25, -0.2) is 4.79 Å². The zero-order valence-electron chi connectivity index (χ0n) is 10.5. The molecule has 0 amide bonds. The minimum absolute atomic E-state index is 0.238. The molecule has 0 spiro atoms. The summed E-state index contributed by atoms with van der Waals surface area (Å²) >= 11 is 0. The summed E-state index contributed by atoms with van der Waals surface area (Å²) < 4.78 is 10.5. The molecule has 0 bridgehead atoms. The Hall–Kier alpha value is -1.33. The minimum Gasteiger partial charge on any atom is -0.478 e. The van der Waals surface area contributed by atoms with Crippen LogP contribution in [0.2, 0.25) is 0 Å². The van der Waals surface area contributed by atoms with Crippen molar-refractivity contribution < 1.29 is 19.1 Å². The van der Waals surface area contributed by atoms with Crippen LogP contribution in [0, 0.1) is 5.92 Å². The largest absolute Gasteiger partial charge is 0.478 e. The summed E-state index contributed by atoms with van der Waals surface area (Å²) in [6, 6.07) is 1.82. The second-order valence-electron chi connectivity index (χ2n) is 4.68. The number of hydrogen-bond donors (Lipinski definition) is 2. The lowest BCUT2D eigenvalue weighted by atomic mass is 9.93. The Bertz CT molecular complexity index is 395. The quantitative estimate of drug-likeness (QED) is 0.838. The molecule has 1 aromatic rings. The first-order valence-corrected chi connectivity index (χ1v) is 6.29. The summed E-state index contributed by atoms with van der Waals surface area (Å²) in [6.07, 6.45) is 3.52. The van der Waals surface area contributed by atoms with Gasteiger partial charge in [-0.05, 0) is 31.7 Å². The van der Waals surface area contributed by atoms with Crippen LogP contribution >= 0.6 is 0 Å². The topological polar surface area (TPSA) is 71.7 Å². The second-order valence-corrected chi connectivity index (χ2v) is 4.68. The molecule has 1 unspecified atom stereocenters. The summed E-state index contributed by atoms with van der Waals surface area (Å²) in [5.41, 5.74) is 0.238. The molecule has 1 aliphatic heterocycles. The van der Waals surface area contributed by atoms with E-state index in [4.69, 9.17) is 14.3 Å². The molecule has 18 heavy (non-hydrogen) atoms. The predicted octanol–water partition coefficient (Wildman–Crippen LogP) is 1.88. The average Bonchev–Trinajstić information content (AvgIpc) is 2.85.